The molecule has 0 aliphatic carbocycles. The molecule has 0 saturated carbocycles. The predicted molar refractivity (Wildman–Crippen MR) is 91.6 cm³/mol. The van der Waals surface area contributed by atoms with Gasteiger partial charge < -0.3 is 4.74 Å². The van der Waals surface area contributed by atoms with Crippen LogP contribution in [-0.4, -0.2) is 21.0 Å². The molecule has 0 amide bonds. The Kier molecular flexibility index (Phi) is 5.43. The van der Waals surface area contributed by atoms with E-state index in [2.05, 4.69) is 4.72 Å². The van der Waals surface area contributed by atoms with Gasteiger partial charge in [0.25, 0.3) is 10.0 Å². The molecule has 1 aromatic carbocycles. The zero-order valence-corrected chi connectivity index (χ0v) is 14.9. The van der Waals surface area contributed by atoms with Gasteiger partial charge in [0.05, 0.1) is 17.1 Å². The predicted octanol–water partition coefficient (Wildman–Crippen LogP) is 3.60. The molecule has 2 rings (SSSR count). The van der Waals surface area contributed by atoms with Gasteiger partial charge in [-0.1, -0.05) is 25.1 Å². The molecule has 1 N–H and O–H groups in total. The number of carbonyl (C=O) groups excluding carboxylic acids is 1. The van der Waals surface area contributed by atoms with E-state index in [9.17, 15) is 13.2 Å². The Labute approximate surface area is 140 Å². The number of benzene rings is 1. The monoisotopic (exact) mass is 353 g/mol. The highest BCUT2D eigenvalue weighted by molar-refractivity contribution is 7.93. The van der Waals surface area contributed by atoms with Gasteiger partial charge in [-0.25, -0.2) is 13.2 Å². The van der Waals surface area contributed by atoms with Crippen molar-refractivity contribution in [2.24, 2.45) is 0 Å². The minimum absolute atomic E-state index is 0.152. The summed E-state index contributed by atoms with van der Waals surface area (Å²) in [7, 11) is -3.74. The van der Waals surface area contributed by atoms with Gasteiger partial charge in [0, 0.05) is 4.88 Å². The second-order valence-corrected chi connectivity index (χ2v) is 7.74. The molecule has 124 valence electrons. The van der Waals surface area contributed by atoms with Crippen molar-refractivity contribution in [3.63, 3.8) is 0 Å². The number of hydrogen-bond acceptors (Lipinski definition) is 5. The van der Waals surface area contributed by atoms with Crippen LogP contribution in [0, 0.1) is 6.92 Å². The second kappa shape index (κ2) is 7.14. The molecule has 5 nitrogen and oxygen atoms in total. The van der Waals surface area contributed by atoms with Gasteiger partial charge in [0.2, 0.25) is 0 Å². The van der Waals surface area contributed by atoms with Crippen LogP contribution in [0.3, 0.4) is 0 Å². The van der Waals surface area contributed by atoms with E-state index in [0.29, 0.717) is 17.0 Å². The van der Waals surface area contributed by atoms with Crippen molar-refractivity contribution in [1.29, 1.82) is 0 Å². The van der Waals surface area contributed by atoms with Crippen LogP contribution >= 0.6 is 11.3 Å². The first-order valence-electron chi connectivity index (χ1n) is 7.28. The first-order chi connectivity index (χ1) is 10.9. The summed E-state index contributed by atoms with van der Waals surface area (Å²) in [5.74, 6) is -0.500. The van der Waals surface area contributed by atoms with Gasteiger partial charge >= 0.3 is 5.97 Å². The number of carbonyl (C=O) groups is 1. The summed E-state index contributed by atoms with van der Waals surface area (Å²) in [4.78, 5) is 13.3. The third-order valence-corrected chi connectivity index (χ3v) is 5.88. The number of ether oxygens (including phenoxy) is 1. The van der Waals surface area contributed by atoms with Crippen LogP contribution < -0.4 is 4.72 Å². The molecule has 7 heteroatoms. The molecule has 0 atom stereocenters. The lowest BCUT2D eigenvalue weighted by molar-refractivity contribution is 0.0527. The molecule has 0 fully saturated rings. The molecule has 0 radical (unpaired) electrons. The van der Waals surface area contributed by atoms with Gasteiger partial charge in [-0.05, 0) is 38.0 Å². The topological polar surface area (TPSA) is 72.5 Å². The molecule has 1 aromatic heterocycles. The Morgan fingerprint density at radius 2 is 1.87 bits per heavy atom. The number of nitrogens with one attached hydrogen (secondary N) is 1. The van der Waals surface area contributed by atoms with E-state index in [4.69, 9.17) is 4.74 Å². The summed E-state index contributed by atoms with van der Waals surface area (Å²) in [6, 6.07) is 8.06. The minimum atomic E-state index is -3.74. The lowest BCUT2D eigenvalue weighted by Crippen LogP contribution is -2.15. The minimum Gasteiger partial charge on any atom is -0.462 e. The molecule has 0 unspecified atom stereocenters. The highest BCUT2D eigenvalue weighted by atomic mass is 32.2. The summed E-state index contributed by atoms with van der Waals surface area (Å²) in [5, 5.41) is 0.307. The summed E-state index contributed by atoms with van der Waals surface area (Å²) in [6.45, 7) is 5.75. The quantitative estimate of drug-likeness (QED) is 0.806. The number of aryl methyl sites for hydroxylation is 1. The first-order valence-corrected chi connectivity index (χ1v) is 9.57. The zero-order valence-electron chi connectivity index (χ0n) is 13.3. The van der Waals surface area contributed by atoms with E-state index in [1.165, 1.54) is 23.5 Å². The van der Waals surface area contributed by atoms with E-state index in [-0.39, 0.29) is 11.5 Å². The third-order valence-electron chi connectivity index (χ3n) is 3.32. The van der Waals surface area contributed by atoms with Crippen molar-refractivity contribution in [3.8, 4) is 0 Å². The van der Waals surface area contributed by atoms with Crippen molar-refractivity contribution < 1.29 is 17.9 Å². The lowest BCUT2D eigenvalue weighted by atomic mass is 10.1. The fourth-order valence-electron chi connectivity index (χ4n) is 2.28. The molecule has 23 heavy (non-hydrogen) atoms. The number of anilines is 1. The Morgan fingerprint density at radius 1 is 1.22 bits per heavy atom. The normalized spacial score (nSPS) is 11.3. The van der Waals surface area contributed by atoms with E-state index >= 15 is 0 Å². The summed E-state index contributed by atoms with van der Waals surface area (Å²) >= 11 is 1.25. The average Bonchev–Trinajstić information content (AvgIpc) is 2.83. The molecular formula is C16H19NO4S2. The van der Waals surface area contributed by atoms with Crippen LogP contribution in [0.1, 0.15) is 34.6 Å². The van der Waals surface area contributed by atoms with E-state index < -0.39 is 16.0 Å². The van der Waals surface area contributed by atoms with Crippen molar-refractivity contribution in [3.05, 3.63) is 46.3 Å². The van der Waals surface area contributed by atoms with E-state index in [1.807, 2.05) is 13.8 Å². The van der Waals surface area contributed by atoms with E-state index in [0.717, 1.165) is 10.4 Å². The third kappa shape index (κ3) is 3.73. The smallest absolute Gasteiger partial charge is 0.341 e. The Bertz CT molecular complexity index is 795. The van der Waals surface area contributed by atoms with Gasteiger partial charge in [-0.2, -0.15) is 0 Å². The highest BCUT2D eigenvalue weighted by Crippen LogP contribution is 2.35. The number of rotatable bonds is 6. The van der Waals surface area contributed by atoms with Crippen LogP contribution in [0.5, 0.6) is 0 Å². The standard InChI is InChI=1S/C16H19NO4S2/c1-4-13-11(3)22-15(14(13)16(18)21-5-2)17-23(19,20)12-9-7-6-8-10-12/h6-10,17H,4-5H2,1-3H3. The first kappa shape index (κ1) is 17.5. The van der Waals surface area contributed by atoms with Crippen LogP contribution in [0.2, 0.25) is 0 Å². The summed E-state index contributed by atoms with van der Waals surface area (Å²) in [5.41, 5.74) is 1.13. The van der Waals surface area contributed by atoms with Crippen molar-refractivity contribution in [1.82, 2.24) is 0 Å². The number of sulfonamides is 1. The van der Waals surface area contributed by atoms with Gasteiger partial charge in [-0.15, -0.1) is 11.3 Å². The molecule has 0 aliphatic heterocycles. The van der Waals surface area contributed by atoms with Gasteiger partial charge in [0.15, 0.2) is 0 Å². The van der Waals surface area contributed by atoms with Crippen molar-refractivity contribution >= 4 is 32.3 Å². The molecule has 0 spiro atoms. The molecule has 1 heterocycles. The van der Waals surface area contributed by atoms with Crippen molar-refractivity contribution in [2.45, 2.75) is 32.1 Å². The van der Waals surface area contributed by atoms with Gasteiger partial charge in [0.1, 0.15) is 5.00 Å². The summed E-state index contributed by atoms with van der Waals surface area (Å²) in [6.07, 6.45) is 0.629. The largest absolute Gasteiger partial charge is 0.462 e. The highest BCUT2D eigenvalue weighted by Gasteiger charge is 2.25. The summed E-state index contributed by atoms with van der Waals surface area (Å²) < 4.78 is 32.6. The van der Waals surface area contributed by atoms with E-state index in [1.54, 1.807) is 25.1 Å². The number of thiophene rings is 1. The second-order valence-electron chi connectivity index (χ2n) is 4.83. The Balaban J connectivity index is 2.46. The molecule has 0 bridgehead atoms. The lowest BCUT2D eigenvalue weighted by Gasteiger charge is -2.09. The Hall–Kier alpha value is -1.86. The number of hydrogen-bond donors (Lipinski definition) is 1. The molecule has 2 aromatic rings. The number of esters is 1. The maximum Gasteiger partial charge on any atom is 0.341 e. The molecule has 0 aliphatic rings. The molecule has 0 saturated heterocycles. The van der Waals surface area contributed by atoms with Gasteiger partial charge in [-0.3, -0.25) is 4.72 Å². The Morgan fingerprint density at radius 3 is 2.43 bits per heavy atom. The van der Waals surface area contributed by atoms with Crippen LogP contribution in [0.15, 0.2) is 35.2 Å². The average molecular weight is 353 g/mol. The zero-order chi connectivity index (χ0) is 17.0. The van der Waals surface area contributed by atoms with Crippen LogP contribution in [0.25, 0.3) is 0 Å². The fourth-order valence-corrected chi connectivity index (χ4v) is 4.74. The SMILES string of the molecule is CCOC(=O)c1c(NS(=O)(=O)c2ccccc2)sc(C)c1CC. The van der Waals surface area contributed by atoms with Crippen LogP contribution in [0.4, 0.5) is 5.00 Å². The maximum atomic E-state index is 12.5. The maximum absolute atomic E-state index is 12.5. The van der Waals surface area contributed by atoms with Crippen LogP contribution in [-0.2, 0) is 21.2 Å². The fraction of sp³-hybridized carbons (Fsp3) is 0.312. The molecular weight excluding hydrogens is 334 g/mol. The van der Waals surface area contributed by atoms with Crippen molar-refractivity contribution in [2.75, 3.05) is 11.3 Å².